The van der Waals surface area contributed by atoms with Crippen LogP contribution in [0.2, 0.25) is 0 Å². The van der Waals surface area contributed by atoms with Gasteiger partial charge in [0.05, 0.1) is 11.6 Å². The lowest BCUT2D eigenvalue weighted by atomic mass is 10.2. The first-order valence-corrected chi connectivity index (χ1v) is 5.92. The molecule has 3 rings (SSSR count). The summed E-state index contributed by atoms with van der Waals surface area (Å²) in [5.74, 6) is 0.177. The van der Waals surface area contributed by atoms with E-state index in [2.05, 4.69) is 10.3 Å². The van der Waals surface area contributed by atoms with E-state index < -0.39 is 5.97 Å². The van der Waals surface area contributed by atoms with Crippen LogP contribution < -0.4 is 11.1 Å². The molecule has 0 bridgehead atoms. The minimum Gasteiger partial charge on any atom is -0.476 e. The van der Waals surface area contributed by atoms with Crippen LogP contribution in [0.25, 0.3) is 5.52 Å². The molecule has 3 heterocycles. The first-order valence-electron chi connectivity index (χ1n) is 5.92. The van der Waals surface area contributed by atoms with Gasteiger partial charge in [0.15, 0.2) is 5.69 Å². The summed E-state index contributed by atoms with van der Waals surface area (Å²) in [7, 11) is 0. The maximum Gasteiger partial charge on any atom is 0.356 e. The zero-order valence-electron chi connectivity index (χ0n) is 9.76. The van der Waals surface area contributed by atoms with Crippen molar-refractivity contribution in [3.63, 3.8) is 0 Å². The van der Waals surface area contributed by atoms with Gasteiger partial charge in [-0.15, -0.1) is 0 Å². The summed E-state index contributed by atoms with van der Waals surface area (Å²) in [5.41, 5.74) is 6.55. The fourth-order valence-corrected chi connectivity index (χ4v) is 2.48. The largest absolute Gasteiger partial charge is 0.476 e. The zero-order valence-corrected chi connectivity index (χ0v) is 9.76. The summed E-state index contributed by atoms with van der Waals surface area (Å²) in [6.07, 6.45) is 2.02. The predicted molar refractivity (Wildman–Crippen MR) is 66.5 cm³/mol. The SMILES string of the molecule is Nc1cccc2c(C(=O)O)nc(C3CCCN3)n12. The van der Waals surface area contributed by atoms with E-state index in [9.17, 15) is 9.90 Å². The van der Waals surface area contributed by atoms with Crippen LogP contribution in [0.1, 0.15) is 35.2 Å². The minimum atomic E-state index is -1.03. The van der Waals surface area contributed by atoms with Crippen LogP contribution in [0.5, 0.6) is 0 Å². The molecule has 1 aliphatic rings. The van der Waals surface area contributed by atoms with Crippen LogP contribution in [0.4, 0.5) is 5.82 Å². The highest BCUT2D eigenvalue weighted by atomic mass is 16.4. The molecule has 0 spiro atoms. The highest BCUT2D eigenvalue weighted by Gasteiger charge is 2.25. The molecule has 4 N–H and O–H groups in total. The normalized spacial score (nSPS) is 19.4. The maximum atomic E-state index is 11.2. The predicted octanol–water partition coefficient (Wildman–Crippen LogP) is 1.04. The van der Waals surface area contributed by atoms with Crippen LogP contribution in [0.3, 0.4) is 0 Å². The lowest BCUT2D eigenvalue weighted by Crippen LogP contribution is -2.16. The summed E-state index contributed by atoms with van der Waals surface area (Å²) in [6.45, 7) is 0.925. The number of nitrogen functional groups attached to an aromatic ring is 1. The van der Waals surface area contributed by atoms with Crippen molar-refractivity contribution in [3.05, 3.63) is 29.7 Å². The number of nitrogens with zero attached hydrogens (tertiary/aromatic N) is 2. The van der Waals surface area contributed by atoms with E-state index in [1.54, 1.807) is 22.6 Å². The number of aromatic nitrogens is 2. The number of carbonyl (C=O) groups is 1. The van der Waals surface area contributed by atoms with Crippen molar-refractivity contribution >= 4 is 17.3 Å². The Morgan fingerprint density at radius 1 is 1.56 bits per heavy atom. The average Bonchev–Trinajstić information content (AvgIpc) is 2.95. The van der Waals surface area contributed by atoms with Crippen molar-refractivity contribution in [1.82, 2.24) is 14.7 Å². The van der Waals surface area contributed by atoms with E-state index in [1.807, 2.05) is 0 Å². The molecular formula is C12H14N4O2. The molecule has 1 unspecified atom stereocenters. The molecule has 2 aromatic rings. The molecule has 18 heavy (non-hydrogen) atoms. The summed E-state index contributed by atoms with van der Waals surface area (Å²) >= 11 is 0. The number of hydrogen-bond acceptors (Lipinski definition) is 4. The van der Waals surface area contributed by atoms with Crippen LogP contribution >= 0.6 is 0 Å². The maximum absolute atomic E-state index is 11.2. The number of fused-ring (bicyclic) bond motifs is 1. The number of aromatic carboxylic acids is 1. The van der Waals surface area contributed by atoms with Gasteiger partial charge >= 0.3 is 5.97 Å². The lowest BCUT2D eigenvalue weighted by Gasteiger charge is -2.10. The Balaban J connectivity index is 2.27. The van der Waals surface area contributed by atoms with E-state index in [4.69, 9.17) is 5.73 Å². The molecule has 6 heteroatoms. The monoisotopic (exact) mass is 246 g/mol. The Hall–Kier alpha value is -2.08. The van der Waals surface area contributed by atoms with Crippen molar-refractivity contribution in [1.29, 1.82) is 0 Å². The summed E-state index contributed by atoms with van der Waals surface area (Å²) < 4.78 is 1.73. The molecule has 6 nitrogen and oxygen atoms in total. The first kappa shape index (κ1) is 11.0. The number of nitrogens with one attached hydrogen (secondary N) is 1. The standard InChI is InChI=1S/C12H14N4O2/c13-9-5-1-4-8-10(12(17)18)15-11(16(8)9)7-3-2-6-14-7/h1,4-5,7,14H,2-3,6,13H2,(H,17,18). The minimum absolute atomic E-state index is 0.0611. The van der Waals surface area contributed by atoms with Gasteiger partial charge in [0.25, 0.3) is 0 Å². The molecule has 0 aliphatic carbocycles. The Morgan fingerprint density at radius 2 is 2.39 bits per heavy atom. The third kappa shape index (κ3) is 1.53. The quantitative estimate of drug-likeness (QED) is 0.736. The molecule has 1 atom stereocenters. The Labute approximate surface area is 103 Å². The molecule has 0 radical (unpaired) electrons. The van der Waals surface area contributed by atoms with Gasteiger partial charge in [0, 0.05) is 0 Å². The highest BCUT2D eigenvalue weighted by Crippen LogP contribution is 2.27. The number of pyridine rings is 1. The summed E-state index contributed by atoms with van der Waals surface area (Å²) in [6, 6.07) is 5.30. The van der Waals surface area contributed by atoms with Crippen molar-refractivity contribution in [2.75, 3.05) is 12.3 Å². The van der Waals surface area contributed by atoms with Crippen LogP contribution in [0.15, 0.2) is 18.2 Å². The fourth-order valence-electron chi connectivity index (χ4n) is 2.48. The van der Waals surface area contributed by atoms with Crippen molar-refractivity contribution in [2.45, 2.75) is 18.9 Å². The Bertz CT molecular complexity index is 614. The number of anilines is 1. The van der Waals surface area contributed by atoms with Crippen LogP contribution in [0, 0.1) is 0 Å². The van der Waals surface area contributed by atoms with Gasteiger partial charge in [-0.2, -0.15) is 0 Å². The molecular weight excluding hydrogens is 232 g/mol. The molecule has 94 valence electrons. The fraction of sp³-hybridized carbons (Fsp3) is 0.333. The van der Waals surface area contributed by atoms with E-state index >= 15 is 0 Å². The van der Waals surface area contributed by atoms with Gasteiger partial charge in [-0.3, -0.25) is 4.40 Å². The van der Waals surface area contributed by atoms with Crippen molar-refractivity contribution in [3.8, 4) is 0 Å². The molecule has 2 aromatic heterocycles. The van der Waals surface area contributed by atoms with Gasteiger partial charge < -0.3 is 16.2 Å². The molecule has 0 amide bonds. The first-order chi connectivity index (χ1) is 8.68. The average molecular weight is 246 g/mol. The third-order valence-corrected chi connectivity index (χ3v) is 3.29. The Morgan fingerprint density at radius 3 is 3.06 bits per heavy atom. The van der Waals surface area contributed by atoms with Crippen LogP contribution in [-0.4, -0.2) is 27.0 Å². The van der Waals surface area contributed by atoms with Crippen LogP contribution in [-0.2, 0) is 0 Å². The second-order valence-corrected chi connectivity index (χ2v) is 4.44. The van der Waals surface area contributed by atoms with E-state index in [1.165, 1.54) is 0 Å². The van der Waals surface area contributed by atoms with Gasteiger partial charge in [0.2, 0.25) is 0 Å². The molecule has 0 saturated carbocycles. The molecule has 1 aliphatic heterocycles. The molecule has 0 aromatic carbocycles. The molecule has 1 fully saturated rings. The van der Waals surface area contributed by atoms with E-state index in [-0.39, 0.29) is 11.7 Å². The van der Waals surface area contributed by atoms with E-state index in [0.717, 1.165) is 19.4 Å². The number of carboxylic acid groups (broad SMARTS) is 1. The van der Waals surface area contributed by atoms with Crippen molar-refractivity contribution < 1.29 is 9.90 Å². The lowest BCUT2D eigenvalue weighted by molar-refractivity contribution is 0.0693. The van der Waals surface area contributed by atoms with Gasteiger partial charge in [-0.25, -0.2) is 9.78 Å². The Kier molecular flexibility index (Phi) is 2.45. The summed E-state index contributed by atoms with van der Waals surface area (Å²) in [4.78, 5) is 15.5. The highest BCUT2D eigenvalue weighted by molar-refractivity contribution is 5.94. The second kappa shape index (κ2) is 3.99. The van der Waals surface area contributed by atoms with Gasteiger partial charge in [-0.1, -0.05) is 6.07 Å². The smallest absolute Gasteiger partial charge is 0.356 e. The van der Waals surface area contributed by atoms with Gasteiger partial charge in [0.1, 0.15) is 11.6 Å². The van der Waals surface area contributed by atoms with E-state index in [0.29, 0.717) is 17.2 Å². The third-order valence-electron chi connectivity index (χ3n) is 3.29. The number of nitrogens with two attached hydrogens (primary N) is 1. The topological polar surface area (TPSA) is 92.7 Å². The number of imidazole rings is 1. The summed E-state index contributed by atoms with van der Waals surface area (Å²) in [5, 5.41) is 12.5. The zero-order chi connectivity index (χ0) is 12.7. The second-order valence-electron chi connectivity index (χ2n) is 4.44. The number of rotatable bonds is 2. The number of carboxylic acids is 1. The van der Waals surface area contributed by atoms with Gasteiger partial charge in [-0.05, 0) is 31.5 Å². The molecule has 1 saturated heterocycles. The number of hydrogen-bond donors (Lipinski definition) is 3. The van der Waals surface area contributed by atoms with Crippen molar-refractivity contribution in [2.24, 2.45) is 0 Å².